The van der Waals surface area contributed by atoms with Crippen LogP contribution in [0.3, 0.4) is 0 Å². The van der Waals surface area contributed by atoms with Crippen molar-refractivity contribution in [2.75, 3.05) is 31.1 Å². The van der Waals surface area contributed by atoms with Crippen LogP contribution in [0.15, 0.2) is 83.7 Å². The van der Waals surface area contributed by atoms with E-state index in [-0.39, 0.29) is 11.4 Å². The quantitative estimate of drug-likeness (QED) is 0.374. The van der Waals surface area contributed by atoms with E-state index >= 15 is 0 Å². The first-order valence-electron chi connectivity index (χ1n) is 12.7. The van der Waals surface area contributed by atoms with Crippen molar-refractivity contribution in [1.82, 2.24) is 30.1 Å². The van der Waals surface area contributed by atoms with Gasteiger partial charge in [-0.3, -0.25) is 9.69 Å². The third-order valence-electron chi connectivity index (χ3n) is 7.18. The molecule has 0 aliphatic carbocycles. The Kier molecular flexibility index (Phi) is 6.43. The van der Waals surface area contributed by atoms with E-state index in [0.717, 1.165) is 22.0 Å². The van der Waals surface area contributed by atoms with Crippen molar-refractivity contribution < 1.29 is 4.39 Å². The third kappa shape index (κ3) is 4.68. The zero-order chi connectivity index (χ0) is 26.1. The minimum Gasteiger partial charge on any atom is -0.367 e. The second kappa shape index (κ2) is 10.2. The summed E-state index contributed by atoms with van der Waals surface area (Å²) in [6.07, 6.45) is 0. The van der Waals surface area contributed by atoms with Gasteiger partial charge in [0.1, 0.15) is 11.9 Å². The fourth-order valence-electron chi connectivity index (χ4n) is 5.24. The first kappa shape index (κ1) is 24.0. The molecule has 3 heterocycles. The summed E-state index contributed by atoms with van der Waals surface area (Å²) in [5.41, 5.74) is 3.95. The average molecular weight is 510 g/mol. The number of nitrogens with zero attached hydrogens (tertiary/aromatic N) is 6. The number of halogens is 1. The highest BCUT2D eigenvalue weighted by molar-refractivity contribution is 5.79. The highest BCUT2D eigenvalue weighted by atomic mass is 19.1. The van der Waals surface area contributed by atoms with E-state index in [1.54, 1.807) is 16.8 Å². The van der Waals surface area contributed by atoms with Crippen molar-refractivity contribution in [3.05, 3.63) is 118 Å². The number of hydrogen-bond donors (Lipinski definition) is 1. The molecule has 0 bridgehead atoms. The molecule has 0 spiro atoms. The van der Waals surface area contributed by atoms with E-state index in [1.807, 2.05) is 72.5 Å². The molecule has 0 amide bonds. The fraction of sp³-hybridized carbons (Fsp3) is 0.241. The number of rotatable bonds is 6. The van der Waals surface area contributed by atoms with Gasteiger partial charge in [0.05, 0.1) is 12.2 Å². The van der Waals surface area contributed by atoms with Gasteiger partial charge in [0.25, 0.3) is 5.56 Å². The molecule has 0 saturated carbocycles. The van der Waals surface area contributed by atoms with Crippen LogP contribution in [0, 0.1) is 12.7 Å². The zero-order valence-electron chi connectivity index (χ0n) is 21.1. The summed E-state index contributed by atoms with van der Waals surface area (Å²) in [7, 11) is 0. The van der Waals surface area contributed by atoms with Gasteiger partial charge < -0.3 is 9.88 Å². The van der Waals surface area contributed by atoms with Gasteiger partial charge in [0.15, 0.2) is 5.82 Å². The van der Waals surface area contributed by atoms with Crippen molar-refractivity contribution >= 4 is 16.6 Å². The van der Waals surface area contributed by atoms with E-state index in [4.69, 9.17) is 0 Å². The van der Waals surface area contributed by atoms with E-state index in [9.17, 15) is 9.18 Å². The number of aromatic amines is 1. The molecule has 0 radical (unpaired) electrons. The fourth-order valence-corrected chi connectivity index (χ4v) is 5.24. The lowest BCUT2D eigenvalue weighted by Crippen LogP contribution is -2.49. The number of piperazine rings is 1. The number of aromatic nitrogens is 5. The van der Waals surface area contributed by atoms with Gasteiger partial charge in [-0.15, -0.1) is 5.10 Å². The van der Waals surface area contributed by atoms with E-state index in [2.05, 4.69) is 25.4 Å². The maximum atomic E-state index is 14.5. The molecule has 5 aromatic rings. The number of anilines is 1. The van der Waals surface area contributed by atoms with Crippen molar-refractivity contribution in [2.45, 2.75) is 19.5 Å². The number of hydrogen-bond acceptors (Lipinski definition) is 6. The van der Waals surface area contributed by atoms with Crippen LogP contribution >= 0.6 is 0 Å². The van der Waals surface area contributed by atoms with Gasteiger partial charge in [-0.1, -0.05) is 54.6 Å². The molecule has 9 heteroatoms. The zero-order valence-corrected chi connectivity index (χ0v) is 21.1. The molecular formula is C29H28FN7O. The van der Waals surface area contributed by atoms with Gasteiger partial charge in [0.2, 0.25) is 0 Å². The van der Waals surface area contributed by atoms with Gasteiger partial charge in [0, 0.05) is 37.3 Å². The molecule has 2 aromatic heterocycles. The van der Waals surface area contributed by atoms with Crippen LogP contribution in [0.4, 0.5) is 10.1 Å². The Hall–Kier alpha value is -4.37. The molecule has 1 aliphatic heterocycles. The Labute approximate surface area is 219 Å². The van der Waals surface area contributed by atoms with E-state index < -0.39 is 6.04 Å². The number of benzene rings is 3. The summed E-state index contributed by atoms with van der Waals surface area (Å²) in [6.45, 7) is 4.94. The number of pyridine rings is 1. The molecular weight excluding hydrogens is 481 g/mol. The van der Waals surface area contributed by atoms with Crippen LogP contribution in [-0.4, -0.2) is 56.3 Å². The second-order valence-electron chi connectivity index (χ2n) is 9.70. The summed E-state index contributed by atoms with van der Waals surface area (Å²) in [5.74, 6) is 0.371. The van der Waals surface area contributed by atoms with Crippen LogP contribution in [0.1, 0.15) is 28.6 Å². The van der Waals surface area contributed by atoms with Crippen LogP contribution in [0.2, 0.25) is 0 Å². The Morgan fingerprint density at radius 3 is 2.50 bits per heavy atom. The normalized spacial score (nSPS) is 15.2. The summed E-state index contributed by atoms with van der Waals surface area (Å²) in [5, 5.41) is 13.7. The van der Waals surface area contributed by atoms with Crippen LogP contribution in [0.25, 0.3) is 10.9 Å². The predicted molar refractivity (Wildman–Crippen MR) is 145 cm³/mol. The lowest BCUT2D eigenvalue weighted by Gasteiger charge is -2.39. The summed E-state index contributed by atoms with van der Waals surface area (Å²) in [6, 6.07) is 24.3. The highest BCUT2D eigenvalue weighted by Crippen LogP contribution is 2.30. The molecule has 8 nitrogen and oxygen atoms in total. The van der Waals surface area contributed by atoms with E-state index in [1.165, 1.54) is 6.07 Å². The van der Waals surface area contributed by atoms with Crippen LogP contribution < -0.4 is 10.5 Å². The summed E-state index contributed by atoms with van der Waals surface area (Å²) in [4.78, 5) is 20.8. The smallest absolute Gasteiger partial charge is 0.253 e. The first-order chi connectivity index (χ1) is 18.6. The predicted octanol–water partition coefficient (Wildman–Crippen LogP) is 3.92. The van der Waals surface area contributed by atoms with Crippen molar-refractivity contribution in [1.29, 1.82) is 0 Å². The molecule has 3 aromatic carbocycles. The minimum atomic E-state index is -0.467. The molecule has 192 valence electrons. The van der Waals surface area contributed by atoms with Gasteiger partial charge >= 0.3 is 0 Å². The molecule has 1 N–H and O–H groups in total. The van der Waals surface area contributed by atoms with Gasteiger partial charge in [-0.25, -0.2) is 9.07 Å². The first-order valence-corrected chi connectivity index (χ1v) is 12.7. The lowest BCUT2D eigenvalue weighted by molar-refractivity contribution is 0.200. The monoisotopic (exact) mass is 509 g/mol. The van der Waals surface area contributed by atoms with Crippen molar-refractivity contribution in [3.63, 3.8) is 0 Å². The maximum Gasteiger partial charge on any atom is 0.253 e. The summed E-state index contributed by atoms with van der Waals surface area (Å²) < 4.78 is 16.2. The molecule has 1 fully saturated rings. The number of nitrogens with one attached hydrogen (secondary N) is 1. The number of aryl methyl sites for hydroxylation is 1. The maximum absolute atomic E-state index is 14.5. The average Bonchev–Trinajstić information content (AvgIpc) is 3.38. The van der Waals surface area contributed by atoms with Gasteiger partial charge in [-0.05, 0) is 58.1 Å². The SMILES string of the molecule is Cc1ccc2cc([C@@H](c3nnnn3Cc3ccccc3)N3CCN(c4ccccc4F)CC3)c(=O)[nH]c2c1. The van der Waals surface area contributed by atoms with E-state index in [0.29, 0.717) is 49.8 Å². The van der Waals surface area contributed by atoms with Crippen LogP contribution in [0.5, 0.6) is 0 Å². The Bertz CT molecular complexity index is 1620. The molecule has 38 heavy (non-hydrogen) atoms. The Morgan fingerprint density at radius 1 is 0.947 bits per heavy atom. The number of fused-ring (bicyclic) bond motifs is 1. The Balaban J connectivity index is 1.39. The second-order valence-corrected chi connectivity index (χ2v) is 9.70. The molecule has 1 saturated heterocycles. The largest absolute Gasteiger partial charge is 0.367 e. The Morgan fingerprint density at radius 2 is 1.71 bits per heavy atom. The standard InChI is InChI=1S/C29H28FN7O/c1-20-11-12-22-18-23(29(38)31-25(22)17-20)27(28-32-33-34-37(28)19-21-7-3-2-4-8-21)36-15-13-35(14-16-36)26-10-6-5-9-24(26)30/h2-12,17-18,27H,13-16,19H2,1H3,(H,31,38)/t27-/m0/s1. The number of para-hydroxylation sites is 1. The summed E-state index contributed by atoms with van der Waals surface area (Å²) >= 11 is 0. The number of H-pyrrole nitrogens is 1. The molecule has 6 rings (SSSR count). The topological polar surface area (TPSA) is 82.9 Å². The van der Waals surface area contributed by atoms with Crippen molar-refractivity contribution in [2.24, 2.45) is 0 Å². The lowest BCUT2D eigenvalue weighted by atomic mass is 10.0. The van der Waals surface area contributed by atoms with Gasteiger partial charge in [-0.2, -0.15) is 0 Å². The van der Waals surface area contributed by atoms with Crippen molar-refractivity contribution in [3.8, 4) is 0 Å². The highest BCUT2D eigenvalue weighted by Gasteiger charge is 2.33. The molecule has 0 unspecified atom stereocenters. The molecule has 1 atom stereocenters. The molecule has 1 aliphatic rings. The minimum absolute atomic E-state index is 0.168. The van der Waals surface area contributed by atoms with Crippen LogP contribution in [-0.2, 0) is 6.54 Å². The number of tetrazole rings is 1. The third-order valence-corrected chi connectivity index (χ3v) is 7.18.